The molecule has 3 rings (SSSR count). The second kappa shape index (κ2) is 9.81. The van der Waals surface area contributed by atoms with E-state index in [4.69, 9.17) is 4.74 Å². The van der Waals surface area contributed by atoms with Crippen LogP contribution < -0.4 is 9.80 Å². The molecule has 2 aromatic carbocycles. The Balaban J connectivity index is 1.90. The van der Waals surface area contributed by atoms with Crippen LogP contribution in [0.25, 0.3) is 0 Å². The van der Waals surface area contributed by atoms with E-state index in [0.717, 1.165) is 46.6 Å². The van der Waals surface area contributed by atoms with Gasteiger partial charge in [-0.2, -0.15) is 0 Å². The fraction of sp³-hybridized carbons (Fsp3) is 0.462. The topological polar surface area (TPSA) is 59.1 Å². The number of hydrogen-bond acceptors (Lipinski definition) is 5. The first-order chi connectivity index (χ1) is 15.5. The lowest BCUT2D eigenvalue weighted by atomic mass is 9.91. The van der Waals surface area contributed by atoms with Crippen molar-refractivity contribution in [3.05, 3.63) is 58.4 Å². The van der Waals surface area contributed by atoms with Gasteiger partial charge < -0.3 is 14.4 Å². The number of ether oxygens (including phenoxy) is 2. The fourth-order valence-electron chi connectivity index (χ4n) is 4.27. The highest BCUT2D eigenvalue weighted by molar-refractivity contribution is 5.95. The first-order valence-corrected chi connectivity index (χ1v) is 11.1. The first-order valence-electron chi connectivity index (χ1n) is 11.1. The van der Waals surface area contributed by atoms with Gasteiger partial charge in [0.15, 0.2) is 6.73 Å². The van der Waals surface area contributed by atoms with Crippen LogP contribution in [0.3, 0.4) is 0 Å². The van der Waals surface area contributed by atoms with Gasteiger partial charge in [-0.1, -0.05) is 26.8 Å². The summed E-state index contributed by atoms with van der Waals surface area (Å²) in [7, 11) is 1.24. The van der Waals surface area contributed by atoms with Crippen molar-refractivity contribution < 1.29 is 23.5 Å². The molecular weight excluding hydrogens is 423 g/mol. The minimum absolute atomic E-state index is 0.126. The van der Waals surface area contributed by atoms with Crippen molar-refractivity contribution in [3.8, 4) is 0 Å². The van der Waals surface area contributed by atoms with E-state index in [-0.39, 0.29) is 23.9 Å². The largest absolute Gasteiger partial charge is 0.509 e. The van der Waals surface area contributed by atoms with Gasteiger partial charge in [0, 0.05) is 25.2 Å². The standard InChI is InChI=1S/C26H33FN2O4/c1-17-11-22(28-10-9-19-13-21(27)8-7-20(19)15-28)12-18(2)24(17)29(16-33-25(31)32-6)23(30)14-26(3,4)5/h7-8,11-13H,9-10,14-16H2,1-6H3. The van der Waals surface area contributed by atoms with E-state index >= 15 is 0 Å². The second-order valence-corrected chi connectivity index (χ2v) is 9.80. The zero-order chi connectivity index (χ0) is 24.3. The average molecular weight is 457 g/mol. The molecule has 6 nitrogen and oxygen atoms in total. The van der Waals surface area contributed by atoms with Crippen molar-refractivity contribution >= 4 is 23.4 Å². The number of carbonyl (C=O) groups excluding carboxylic acids is 2. The van der Waals surface area contributed by atoms with Crippen molar-refractivity contribution in [3.63, 3.8) is 0 Å². The number of fused-ring (bicyclic) bond motifs is 1. The highest BCUT2D eigenvalue weighted by atomic mass is 19.1. The van der Waals surface area contributed by atoms with E-state index in [1.807, 2.05) is 52.8 Å². The summed E-state index contributed by atoms with van der Waals surface area (Å²) in [6.45, 7) is 11.2. The Kier molecular flexibility index (Phi) is 7.30. The molecule has 1 aliphatic heterocycles. The molecule has 0 atom stereocenters. The van der Waals surface area contributed by atoms with Gasteiger partial charge in [0.25, 0.3) is 0 Å². The molecule has 7 heteroatoms. The van der Waals surface area contributed by atoms with Crippen LogP contribution in [0.5, 0.6) is 0 Å². The van der Waals surface area contributed by atoms with E-state index in [1.165, 1.54) is 18.1 Å². The molecule has 1 aliphatic rings. The van der Waals surface area contributed by atoms with E-state index < -0.39 is 6.16 Å². The molecular formula is C26H33FN2O4. The summed E-state index contributed by atoms with van der Waals surface area (Å²) in [5.41, 5.74) is 5.54. The Morgan fingerprint density at radius 2 is 1.76 bits per heavy atom. The van der Waals surface area contributed by atoms with Gasteiger partial charge in [-0.05, 0) is 72.2 Å². The molecule has 1 heterocycles. The number of carbonyl (C=O) groups is 2. The summed E-state index contributed by atoms with van der Waals surface area (Å²) in [6, 6.07) is 9.06. The number of nitrogens with zero attached hydrogens (tertiary/aromatic N) is 2. The molecule has 0 saturated carbocycles. The number of aryl methyl sites for hydroxylation is 2. The van der Waals surface area contributed by atoms with Crippen molar-refractivity contribution in [2.45, 2.75) is 54.0 Å². The van der Waals surface area contributed by atoms with E-state index in [0.29, 0.717) is 13.0 Å². The Morgan fingerprint density at radius 3 is 2.36 bits per heavy atom. The van der Waals surface area contributed by atoms with Crippen LogP contribution in [-0.4, -0.2) is 32.4 Å². The smallest absolute Gasteiger partial charge is 0.438 e. The van der Waals surface area contributed by atoms with Gasteiger partial charge in [0.2, 0.25) is 5.91 Å². The molecule has 178 valence electrons. The predicted octanol–water partition coefficient (Wildman–Crippen LogP) is 5.51. The lowest BCUT2D eigenvalue weighted by molar-refractivity contribution is -0.121. The average Bonchev–Trinajstić information content (AvgIpc) is 2.73. The molecule has 33 heavy (non-hydrogen) atoms. The predicted molar refractivity (Wildman–Crippen MR) is 127 cm³/mol. The summed E-state index contributed by atoms with van der Waals surface area (Å²) in [5.74, 6) is -0.327. The summed E-state index contributed by atoms with van der Waals surface area (Å²) in [4.78, 5) is 28.5. The summed E-state index contributed by atoms with van der Waals surface area (Å²) in [5, 5.41) is 0. The Morgan fingerprint density at radius 1 is 1.09 bits per heavy atom. The normalized spacial score (nSPS) is 13.4. The van der Waals surface area contributed by atoms with E-state index in [2.05, 4.69) is 9.64 Å². The number of methoxy groups -OCH3 is 1. The van der Waals surface area contributed by atoms with Gasteiger partial charge in [-0.3, -0.25) is 9.69 Å². The molecule has 0 unspecified atom stereocenters. The molecule has 0 aromatic heterocycles. The number of benzene rings is 2. The third-order valence-corrected chi connectivity index (χ3v) is 5.75. The molecule has 0 bridgehead atoms. The molecule has 1 amide bonds. The summed E-state index contributed by atoms with van der Waals surface area (Å²) < 4.78 is 23.3. The number of anilines is 2. The molecule has 0 spiro atoms. The highest BCUT2D eigenvalue weighted by Gasteiger charge is 2.27. The maximum atomic E-state index is 13.6. The Bertz CT molecular complexity index is 1020. The zero-order valence-corrected chi connectivity index (χ0v) is 20.3. The third-order valence-electron chi connectivity index (χ3n) is 5.75. The SMILES string of the molecule is COC(=O)OCN(C(=O)CC(C)(C)C)c1c(C)cc(N2CCc3cc(F)ccc3C2)cc1C. The minimum Gasteiger partial charge on any atom is -0.438 e. The monoisotopic (exact) mass is 456 g/mol. The van der Waals surface area contributed by atoms with Crippen LogP contribution in [0.2, 0.25) is 0 Å². The number of rotatable bonds is 5. The van der Waals surface area contributed by atoms with Crippen LogP contribution in [0.1, 0.15) is 49.4 Å². The van der Waals surface area contributed by atoms with Gasteiger partial charge >= 0.3 is 6.16 Å². The Hall–Kier alpha value is -3.09. The second-order valence-electron chi connectivity index (χ2n) is 9.80. The maximum Gasteiger partial charge on any atom is 0.509 e. The van der Waals surface area contributed by atoms with Crippen molar-refractivity contribution in [1.29, 1.82) is 0 Å². The fourth-order valence-corrected chi connectivity index (χ4v) is 4.27. The molecule has 0 N–H and O–H groups in total. The van der Waals surface area contributed by atoms with Crippen LogP contribution >= 0.6 is 0 Å². The van der Waals surface area contributed by atoms with Crippen molar-refractivity contribution in [1.82, 2.24) is 0 Å². The Labute approximate surface area is 195 Å². The zero-order valence-electron chi connectivity index (χ0n) is 20.3. The summed E-state index contributed by atoms with van der Waals surface area (Å²) in [6.07, 6.45) is 0.243. The number of hydrogen-bond donors (Lipinski definition) is 0. The molecule has 0 saturated heterocycles. The molecule has 2 aromatic rings. The van der Waals surface area contributed by atoms with Crippen molar-refractivity contribution in [2.24, 2.45) is 5.41 Å². The van der Waals surface area contributed by atoms with Gasteiger partial charge in [0.05, 0.1) is 12.8 Å². The minimum atomic E-state index is -0.834. The van der Waals surface area contributed by atoms with E-state index in [9.17, 15) is 14.0 Å². The first kappa shape index (κ1) is 24.6. The van der Waals surface area contributed by atoms with Gasteiger partial charge in [-0.15, -0.1) is 0 Å². The lowest BCUT2D eigenvalue weighted by Crippen LogP contribution is -2.37. The van der Waals surface area contributed by atoms with Gasteiger partial charge in [0.1, 0.15) is 5.82 Å². The van der Waals surface area contributed by atoms with Crippen molar-refractivity contribution in [2.75, 3.05) is 30.2 Å². The van der Waals surface area contributed by atoms with Crippen LogP contribution in [0.15, 0.2) is 30.3 Å². The highest BCUT2D eigenvalue weighted by Crippen LogP contribution is 2.34. The van der Waals surface area contributed by atoms with Crippen LogP contribution in [0, 0.1) is 25.1 Å². The molecule has 0 radical (unpaired) electrons. The van der Waals surface area contributed by atoms with E-state index in [1.54, 1.807) is 6.07 Å². The van der Waals surface area contributed by atoms with Crippen LogP contribution in [0.4, 0.5) is 20.6 Å². The summed E-state index contributed by atoms with van der Waals surface area (Å²) >= 11 is 0. The molecule has 0 fully saturated rings. The third kappa shape index (κ3) is 6.03. The number of amides is 1. The quantitative estimate of drug-likeness (QED) is 0.438. The number of halogens is 1. The van der Waals surface area contributed by atoms with Gasteiger partial charge in [-0.25, -0.2) is 9.18 Å². The lowest BCUT2D eigenvalue weighted by Gasteiger charge is -2.33. The maximum absolute atomic E-state index is 13.6. The van der Waals surface area contributed by atoms with Crippen LogP contribution in [-0.2, 0) is 27.2 Å². The molecule has 0 aliphatic carbocycles.